The molecule has 30 heavy (non-hydrogen) atoms. The first-order chi connectivity index (χ1) is 14.5. The van der Waals surface area contributed by atoms with Crippen molar-refractivity contribution in [2.75, 3.05) is 33.3 Å². The molecule has 0 aliphatic carbocycles. The van der Waals surface area contributed by atoms with Gasteiger partial charge in [-0.25, -0.2) is 0 Å². The highest BCUT2D eigenvalue weighted by atomic mass is 35.5. The van der Waals surface area contributed by atoms with Crippen molar-refractivity contribution in [1.29, 1.82) is 0 Å². The van der Waals surface area contributed by atoms with Crippen LogP contribution in [0.1, 0.15) is 36.0 Å². The second-order valence-electron chi connectivity index (χ2n) is 8.25. The quantitative estimate of drug-likeness (QED) is 0.701. The summed E-state index contributed by atoms with van der Waals surface area (Å²) in [6.45, 7) is 3.48. The molecule has 2 heterocycles. The molecule has 160 valence electrons. The number of nitrogens with one attached hydrogen (secondary N) is 1. The first-order valence-corrected chi connectivity index (χ1v) is 11.4. The second kappa shape index (κ2) is 9.27. The lowest BCUT2D eigenvalue weighted by molar-refractivity contribution is -0.126. The van der Waals surface area contributed by atoms with Crippen LogP contribution >= 0.6 is 23.2 Å². The van der Waals surface area contributed by atoms with E-state index in [1.807, 2.05) is 18.2 Å². The number of ether oxygens (including phenoxy) is 1. The normalized spacial score (nSPS) is 21.8. The molecule has 1 saturated heterocycles. The van der Waals surface area contributed by atoms with Crippen LogP contribution in [-0.4, -0.2) is 44.0 Å². The van der Waals surface area contributed by atoms with Gasteiger partial charge in [-0.05, 0) is 61.7 Å². The van der Waals surface area contributed by atoms with Crippen LogP contribution in [0, 0.1) is 0 Å². The Bertz CT molecular complexity index is 927. The fourth-order valence-corrected chi connectivity index (χ4v) is 5.15. The number of fused-ring (bicyclic) bond motifs is 1. The molecule has 0 saturated carbocycles. The van der Waals surface area contributed by atoms with Gasteiger partial charge in [0.2, 0.25) is 0 Å². The van der Waals surface area contributed by atoms with Crippen LogP contribution < -0.4 is 10.1 Å². The summed E-state index contributed by atoms with van der Waals surface area (Å²) in [6.07, 6.45) is 4.78. The van der Waals surface area contributed by atoms with Crippen molar-refractivity contribution in [2.45, 2.75) is 37.6 Å². The monoisotopic (exact) mass is 446 g/mol. The number of piperidine rings is 1. The van der Waals surface area contributed by atoms with Crippen LogP contribution in [0.5, 0.6) is 5.75 Å². The highest BCUT2D eigenvalue weighted by molar-refractivity contribution is 6.42. The van der Waals surface area contributed by atoms with Gasteiger partial charge in [-0.15, -0.1) is 0 Å². The fourth-order valence-electron chi connectivity index (χ4n) is 4.83. The lowest BCUT2D eigenvalue weighted by Gasteiger charge is -2.43. The van der Waals surface area contributed by atoms with Gasteiger partial charge < -0.3 is 9.64 Å². The van der Waals surface area contributed by atoms with Gasteiger partial charge in [0.25, 0.3) is 0 Å². The van der Waals surface area contributed by atoms with Gasteiger partial charge in [-0.1, -0.05) is 47.8 Å². The maximum Gasteiger partial charge on any atom is 0.163 e. The zero-order chi connectivity index (χ0) is 21.1. The molecule has 1 atom stereocenters. The largest absolute Gasteiger partial charge is 0.496 e. The van der Waals surface area contributed by atoms with E-state index in [0.29, 0.717) is 23.0 Å². The molecule has 0 bridgehead atoms. The molecule has 4 rings (SSSR count). The van der Waals surface area contributed by atoms with Gasteiger partial charge in [0, 0.05) is 25.1 Å². The minimum atomic E-state index is -0.758. The smallest absolute Gasteiger partial charge is 0.163 e. The Morgan fingerprint density at radius 1 is 1.13 bits per heavy atom. The van der Waals surface area contributed by atoms with Gasteiger partial charge in [-0.2, -0.15) is 0 Å². The maximum absolute atomic E-state index is 13.9. The first-order valence-electron chi connectivity index (χ1n) is 10.6. The van der Waals surface area contributed by atoms with Crippen molar-refractivity contribution < 1.29 is 9.53 Å². The Kier molecular flexibility index (Phi) is 6.69. The highest BCUT2D eigenvalue weighted by Gasteiger charge is 2.44. The number of carbonyl (C=O) groups is 1. The Balaban J connectivity index is 1.73. The molecule has 6 heteroatoms. The average Bonchev–Trinajstić information content (AvgIpc) is 2.76. The minimum Gasteiger partial charge on any atom is -0.496 e. The van der Waals surface area contributed by atoms with Crippen LogP contribution in [-0.2, 0) is 23.2 Å². The van der Waals surface area contributed by atoms with E-state index in [0.717, 1.165) is 48.5 Å². The minimum absolute atomic E-state index is 0.153. The van der Waals surface area contributed by atoms with Gasteiger partial charge in [0.15, 0.2) is 5.78 Å². The molecule has 4 nitrogen and oxygen atoms in total. The van der Waals surface area contributed by atoms with E-state index in [2.05, 4.69) is 16.3 Å². The highest BCUT2D eigenvalue weighted by Crippen LogP contribution is 2.37. The van der Waals surface area contributed by atoms with Crippen molar-refractivity contribution in [2.24, 2.45) is 0 Å². The Labute approximate surface area is 188 Å². The van der Waals surface area contributed by atoms with Crippen molar-refractivity contribution in [3.63, 3.8) is 0 Å². The molecular formula is C24H28Cl2N2O2. The topological polar surface area (TPSA) is 41.6 Å². The van der Waals surface area contributed by atoms with E-state index in [-0.39, 0.29) is 5.78 Å². The molecule has 0 spiro atoms. The van der Waals surface area contributed by atoms with E-state index in [1.54, 1.807) is 19.2 Å². The molecule has 0 amide bonds. The Morgan fingerprint density at radius 2 is 1.93 bits per heavy atom. The number of benzene rings is 2. The molecule has 0 radical (unpaired) electrons. The van der Waals surface area contributed by atoms with E-state index in [4.69, 9.17) is 27.9 Å². The summed E-state index contributed by atoms with van der Waals surface area (Å²) in [5.41, 5.74) is 2.30. The van der Waals surface area contributed by atoms with Crippen LogP contribution in [0.4, 0.5) is 0 Å². The number of hydrogen-bond donors (Lipinski definition) is 1. The third kappa shape index (κ3) is 4.24. The molecule has 2 aromatic rings. The number of hydrogen-bond acceptors (Lipinski definition) is 4. The number of halogens is 2. The lowest BCUT2D eigenvalue weighted by Crippen LogP contribution is -2.60. The Hall–Kier alpha value is -1.59. The number of likely N-dealkylation sites (tertiary alicyclic amines) is 1. The lowest BCUT2D eigenvalue weighted by atomic mass is 9.76. The van der Waals surface area contributed by atoms with Crippen LogP contribution in [0.25, 0.3) is 0 Å². The van der Waals surface area contributed by atoms with Gasteiger partial charge in [0.05, 0.1) is 17.2 Å². The molecule has 2 aliphatic heterocycles. The predicted octanol–water partition coefficient (Wildman–Crippen LogP) is 4.64. The van der Waals surface area contributed by atoms with Gasteiger partial charge in [-0.3, -0.25) is 10.1 Å². The number of methoxy groups -OCH3 is 1. The number of ketones is 1. The van der Waals surface area contributed by atoms with Gasteiger partial charge >= 0.3 is 0 Å². The summed E-state index contributed by atoms with van der Waals surface area (Å²) in [5, 5.41) is 4.61. The number of Topliss-reactive ketones (excluding diaryl/α,β-unsaturated/α-hetero) is 1. The number of nitrogens with zero attached hydrogens (tertiary/aromatic N) is 1. The van der Waals surface area contributed by atoms with E-state index >= 15 is 0 Å². The summed E-state index contributed by atoms with van der Waals surface area (Å²) < 4.78 is 5.64. The Morgan fingerprint density at radius 3 is 2.67 bits per heavy atom. The number of rotatable bonds is 6. The van der Waals surface area contributed by atoms with Crippen LogP contribution in [0.3, 0.4) is 0 Å². The van der Waals surface area contributed by atoms with Crippen LogP contribution in [0.2, 0.25) is 10.0 Å². The third-order valence-electron chi connectivity index (χ3n) is 6.35. The zero-order valence-corrected chi connectivity index (χ0v) is 18.9. The zero-order valence-electron chi connectivity index (χ0n) is 17.3. The van der Waals surface area contributed by atoms with Crippen molar-refractivity contribution >= 4 is 29.0 Å². The van der Waals surface area contributed by atoms with Crippen molar-refractivity contribution in [1.82, 2.24) is 10.2 Å². The SMILES string of the molecule is COc1cccc2c1CCNC2(CN1CCCCC1)C(=O)Cc1ccc(Cl)c(Cl)c1. The standard InChI is InChI=1S/C24H28Cl2N2O2/c1-30-22-7-5-6-19-18(22)10-11-27-24(19,16-28-12-3-2-4-13-28)23(29)15-17-8-9-20(25)21(26)14-17/h5-9,14,27H,2-4,10-13,15-16H2,1H3. The molecular weight excluding hydrogens is 419 g/mol. The first kappa shape index (κ1) is 21.6. The van der Waals surface area contributed by atoms with E-state index < -0.39 is 5.54 Å². The van der Waals surface area contributed by atoms with Crippen LogP contribution in [0.15, 0.2) is 36.4 Å². The molecule has 0 aromatic heterocycles. The molecule has 1 unspecified atom stereocenters. The number of carbonyl (C=O) groups excluding carboxylic acids is 1. The maximum atomic E-state index is 13.9. The summed E-state index contributed by atoms with van der Waals surface area (Å²) in [5.74, 6) is 1.01. The molecule has 1 fully saturated rings. The molecule has 2 aliphatic rings. The van der Waals surface area contributed by atoms with E-state index in [9.17, 15) is 4.79 Å². The van der Waals surface area contributed by atoms with E-state index in [1.165, 1.54) is 19.3 Å². The van der Waals surface area contributed by atoms with Crippen molar-refractivity contribution in [3.8, 4) is 5.75 Å². The summed E-state index contributed by atoms with van der Waals surface area (Å²) in [4.78, 5) is 16.3. The third-order valence-corrected chi connectivity index (χ3v) is 7.09. The average molecular weight is 447 g/mol. The molecule has 2 aromatic carbocycles. The molecule has 1 N–H and O–H groups in total. The summed E-state index contributed by atoms with van der Waals surface area (Å²) >= 11 is 12.3. The summed E-state index contributed by atoms with van der Waals surface area (Å²) in [6, 6.07) is 11.5. The second-order valence-corrected chi connectivity index (χ2v) is 9.07. The fraction of sp³-hybridized carbons (Fsp3) is 0.458. The summed E-state index contributed by atoms with van der Waals surface area (Å²) in [7, 11) is 1.70. The van der Waals surface area contributed by atoms with Crippen molar-refractivity contribution in [3.05, 3.63) is 63.1 Å². The van der Waals surface area contributed by atoms with Gasteiger partial charge in [0.1, 0.15) is 11.3 Å². The predicted molar refractivity (Wildman–Crippen MR) is 122 cm³/mol.